The van der Waals surface area contributed by atoms with E-state index in [4.69, 9.17) is 9.47 Å². The lowest BCUT2D eigenvalue weighted by Crippen LogP contribution is -2.27. The first-order chi connectivity index (χ1) is 7.43. The van der Waals surface area contributed by atoms with Crippen LogP contribution in [0.4, 0.5) is 0 Å². The molecule has 0 aromatic rings. The second-order valence-electron chi connectivity index (χ2n) is 4.03. The number of hydrogen-bond acceptors (Lipinski definition) is 4. The Kier molecular flexibility index (Phi) is 7.83. The van der Waals surface area contributed by atoms with Crippen LogP contribution in [0.25, 0.3) is 0 Å². The van der Waals surface area contributed by atoms with Gasteiger partial charge in [-0.15, -0.1) is 0 Å². The molecule has 1 aliphatic rings. The van der Waals surface area contributed by atoms with Gasteiger partial charge in [0.05, 0.1) is 13.2 Å². The van der Waals surface area contributed by atoms with Crippen molar-refractivity contribution in [3.8, 4) is 0 Å². The van der Waals surface area contributed by atoms with Gasteiger partial charge in [-0.05, 0) is 31.8 Å². The maximum absolute atomic E-state index is 5.31. The van der Waals surface area contributed by atoms with Crippen LogP contribution in [-0.2, 0) is 9.47 Å². The van der Waals surface area contributed by atoms with Gasteiger partial charge in [-0.1, -0.05) is 0 Å². The maximum atomic E-state index is 5.31. The Morgan fingerprint density at radius 3 is 2.87 bits per heavy atom. The predicted molar refractivity (Wildman–Crippen MR) is 61.2 cm³/mol. The van der Waals surface area contributed by atoms with Crippen molar-refractivity contribution in [1.29, 1.82) is 0 Å². The van der Waals surface area contributed by atoms with Crippen molar-refractivity contribution in [1.82, 2.24) is 10.6 Å². The summed E-state index contributed by atoms with van der Waals surface area (Å²) in [5.74, 6) is 0.742. The monoisotopic (exact) mass is 216 g/mol. The van der Waals surface area contributed by atoms with E-state index >= 15 is 0 Å². The Labute approximate surface area is 92.7 Å². The van der Waals surface area contributed by atoms with Crippen LogP contribution in [-0.4, -0.2) is 53.1 Å². The quantitative estimate of drug-likeness (QED) is 0.542. The van der Waals surface area contributed by atoms with E-state index in [-0.39, 0.29) is 0 Å². The zero-order valence-corrected chi connectivity index (χ0v) is 9.76. The summed E-state index contributed by atoms with van der Waals surface area (Å²) in [5, 5.41) is 6.79. The minimum absolute atomic E-state index is 0.742. The smallest absolute Gasteiger partial charge is 0.0587 e. The lowest BCUT2D eigenvalue weighted by atomic mass is 10.1. The van der Waals surface area contributed by atoms with Crippen LogP contribution < -0.4 is 10.6 Å². The first-order valence-electron chi connectivity index (χ1n) is 5.91. The highest BCUT2D eigenvalue weighted by molar-refractivity contribution is 4.66. The lowest BCUT2D eigenvalue weighted by molar-refractivity contribution is 0.185. The topological polar surface area (TPSA) is 42.5 Å². The zero-order valence-electron chi connectivity index (χ0n) is 9.76. The average Bonchev–Trinajstić information content (AvgIpc) is 2.75. The SMILES string of the molecule is COCCNCCCNCC1CCOC1. The second-order valence-corrected chi connectivity index (χ2v) is 4.03. The van der Waals surface area contributed by atoms with E-state index in [1.54, 1.807) is 7.11 Å². The molecule has 4 nitrogen and oxygen atoms in total. The van der Waals surface area contributed by atoms with Crippen molar-refractivity contribution < 1.29 is 9.47 Å². The summed E-state index contributed by atoms with van der Waals surface area (Å²) in [7, 11) is 1.73. The van der Waals surface area contributed by atoms with Gasteiger partial charge in [0.2, 0.25) is 0 Å². The normalized spacial score (nSPS) is 21.0. The molecule has 0 aromatic carbocycles. The van der Waals surface area contributed by atoms with Crippen LogP contribution in [0.15, 0.2) is 0 Å². The Morgan fingerprint density at radius 2 is 2.13 bits per heavy atom. The van der Waals surface area contributed by atoms with E-state index in [0.717, 1.165) is 51.9 Å². The largest absolute Gasteiger partial charge is 0.383 e. The van der Waals surface area contributed by atoms with E-state index in [2.05, 4.69) is 10.6 Å². The summed E-state index contributed by atoms with van der Waals surface area (Å²) in [6.07, 6.45) is 2.40. The van der Waals surface area contributed by atoms with Crippen molar-refractivity contribution in [3.63, 3.8) is 0 Å². The zero-order chi connectivity index (χ0) is 10.8. The highest BCUT2D eigenvalue weighted by atomic mass is 16.5. The third-order valence-corrected chi connectivity index (χ3v) is 2.65. The molecule has 0 amide bonds. The van der Waals surface area contributed by atoms with Gasteiger partial charge in [0.25, 0.3) is 0 Å². The van der Waals surface area contributed by atoms with Crippen LogP contribution in [0.1, 0.15) is 12.8 Å². The average molecular weight is 216 g/mol. The maximum Gasteiger partial charge on any atom is 0.0587 e. The van der Waals surface area contributed by atoms with E-state index in [0.29, 0.717) is 0 Å². The Hall–Kier alpha value is -0.160. The molecule has 0 aliphatic carbocycles. The third kappa shape index (κ3) is 6.84. The third-order valence-electron chi connectivity index (χ3n) is 2.65. The summed E-state index contributed by atoms with van der Waals surface area (Å²) in [5.41, 5.74) is 0. The number of hydrogen-bond donors (Lipinski definition) is 2. The molecular formula is C11H24N2O2. The van der Waals surface area contributed by atoms with Gasteiger partial charge in [0.15, 0.2) is 0 Å². The van der Waals surface area contributed by atoms with Crippen molar-refractivity contribution in [2.24, 2.45) is 5.92 Å². The fourth-order valence-electron chi connectivity index (χ4n) is 1.69. The highest BCUT2D eigenvalue weighted by Gasteiger charge is 2.14. The fraction of sp³-hybridized carbons (Fsp3) is 1.00. The van der Waals surface area contributed by atoms with Gasteiger partial charge in [0, 0.05) is 26.8 Å². The Bertz CT molecular complexity index is 139. The van der Waals surface area contributed by atoms with Gasteiger partial charge in [-0.3, -0.25) is 0 Å². The molecule has 0 spiro atoms. The van der Waals surface area contributed by atoms with E-state index in [1.807, 2.05) is 0 Å². The molecule has 4 heteroatoms. The number of rotatable bonds is 9. The van der Waals surface area contributed by atoms with Crippen LogP contribution in [0.3, 0.4) is 0 Å². The van der Waals surface area contributed by atoms with E-state index in [1.165, 1.54) is 12.8 Å². The van der Waals surface area contributed by atoms with E-state index in [9.17, 15) is 0 Å². The molecule has 1 aliphatic heterocycles. The molecule has 90 valence electrons. The summed E-state index contributed by atoms with van der Waals surface area (Å²) >= 11 is 0. The van der Waals surface area contributed by atoms with Gasteiger partial charge in [0.1, 0.15) is 0 Å². The summed E-state index contributed by atoms with van der Waals surface area (Å²) in [6, 6.07) is 0. The predicted octanol–water partition coefficient (Wildman–Crippen LogP) is 0.239. The van der Waals surface area contributed by atoms with Crippen LogP contribution in [0.5, 0.6) is 0 Å². The first kappa shape index (κ1) is 12.9. The minimum atomic E-state index is 0.742. The van der Waals surface area contributed by atoms with E-state index < -0.39 is 0 Å². The van der Waals surface area contributed by atoms with Gasteiger partial charge in [-0.2, -0.15) is 0 Å². The molecule has 1 atom stereocenters. The summed E-state index contributed by atoms with van der Waals surface area (Å²) in [4.78, 5) is 0. The van der Waals surface area contributed by atoms with Crippen LogP contribution in [0.2, 0.25) is 0 Å². The number of ether oxygens (including phenoxy) is 2. The lowest BCUT2D eigenvalue weighted by Gasteiger charge is -2.09. The molecular weight excluding hydrogens is 192 g/mol. The molecule has 1 saturated heterocycles. The molecule has 1 heterocycles. The molecule has 1 fully saturated rings. The van der Waals surface area contributed by atoms with Gasteiger partial charge >= 0.3 is 0 Å². The first-order valence-corrected chi connectivity index (χ1v) is 5.91. The van der Waals surface area contributed by atoms with Gasteiger partial charge < -0.3 is 20.1 Å². The molecule has 15 heavy (non-hydrogen) atoms. The Balaban J connectivity index is 1.73. The highest BCUT2D eigenvalue weighted by Crippen LogP contribution is 2.10. The summed E-state index contributed by atoms with van der Waals surface area (Å²) < 4.78 is 10.3. The number of methoxy groups -OCH3 is 1. The minimum Gasteiger partial charge on any atom is -0.383 e. The molecule has 0 bridgehead atoms. The number of nitrogens with one attached hydrogen (secondary N) is 2. The van der Waals surface area contributed by atoms with Crippen LogP contribution >= 0.6 is 0 Å². The Morgan fingerprint density at radius 1 is 1.27 bits per heavy atom. The standard InChI is InChI=1S/C11H24N2O2/c1-14-8-6-12-4-2-5-13-9-11-3-7-15-10-11/h11-13H,2-10H2,1H3. The molecule has 1 rings (SSSR count). The second kappa shape index (κ2) is 9.09. The fourth-order valence-corrected chi connectivity index (χ4v) is 1.69. The van der Waals surface area contributed by atoms with Gasteiger partial charge in [-0.25, -0.2) is 0 Å². The van der Waals surface area contributed by atoms with Crippen molar-refractivity contribution in [3.05, 3.63) is 0 Å². The molecule has 0 radical (unpaired) electrons. The molecule has 0 aromatic heterocycles. The van der Waals surface area contributed by atoms with Crippen molar-refractivity contribution in [2.45, 2.75) is 12.8 Å². The van der Waals surface area contributed by atoms with Crippen LogP contribution in [0, 0.1) is 5.92 Å². The molecule has 0 saturated carbocycles. The summed E-state index contributed by atoms with van der Waals surface area (Å²) in [6.45, 7) is 6.91. The molecule has 1 unspecified atom stereocenters. The van der Waals surface area contributed by atoms with Crippen molar-refractivity contribution in [2.75, 3.05) is 53.1 Å². The molecule has 2 N–H and O–H groups in total. The van der Waals surface area contributed by atoms with Crippen molar-refractivity contribution >= 4 is 0 Å².